The van der Waals surface area contributed by atoms with E-state index in [1.165, 1.54) is 44.9 Å². The van der Waals surface area contributed by atoms with Gasteiger partial charge >= 0.3 is 0 Å². The highest BCUT2D eigenvalue weighted by atomic mass is 16.6. The summed E-state index contributed by atoms with van der Waals surface area (Å²) in [6.45, 7) is 8.75. The molecule has 1 saturated heterocycles. The molecule has 0 amide bonds. The maximum absolute atomic E-state index is 11.0. The normalized spacial score (nSPS) is 59.7. The predicted octanol–water partition coefficient (Wildman–Crippen LogP) is 4.67. The second kappa shape index (κ2) is 6.19. The predicted molar refractivity (Wildman–Crippen MR) is 106 cm³/mol. The minimum Gasteiger partial charge on any atom is -0.390 e. The van der Waals surface area contributed by atoms with Crippen LogP contribution in [0.3, 0.4) is 0 Å². The molecule has 5 rings (SSSR count). The van der Waals surface area contributed by atoms with Gasteiger partial charge in [-0.15, -0.1) is 0 Å². The molecule has 1 heterocycles. The Kier molecular flexibility index (Phi) is 4.33. The lowest BCUT2D eigenvalue weighted by molar-refractivity contribution is -0.139. The fourth-order valence-corrected chi connectivity index (χ4v) is 8.90. The van der Waals surface area contributed by atoms with Gasteiger partial charge in [0.05, 0.1) is 24.4 Å². The number of hydrogen-bond acceptors (Lipinski definition) is 3. The van der Waals surface area contributed by atoms with Gasteiger partial charge in [-0.05, 0) is 106 Å². The molecule has 0 aromatic heterocycles. The highest BCUT2D eigenvalue weighted by molar-refractivity contribution is 5.12. The van der Waals surface area contributed by atoms with Crippen LogP contribution in [-0.4, -0.2) is 36.6 Å². The van der Waals surface area contributed by atoms with Gasteiger partial charge in [-0.3, -0.25) is 0 Å². The van der Waals surface area contributed by atoms with Crippen molar-refractivity contribution in [1.82, 2.24) is 0 Å². The fraction of sp³-hybridized carbons (Fsp3) is 1.00. The first-order chi connectivity index (χ1) is 12.8. The standard InChI is InChI=1S/C24H40O3/c1-22-10-9-17-18(20(22)7-8-21(22)24(3)14-27-24)6-5-15-12-23(2,25)16(13-26-4)11-19(15)17/h15-21,25H,5-14H2,1-4H3/t15-,16?,17+,18-,19+,20+,21+,22+,23?,24?/m1/s1. The van der Waals surface area contributed by atoms with E-state index in [0.29, 0.717) is 17.9 Å². The van der Waals surface area contributed by atoms with E-state index in [1.54, 1.807) is 7.11 Å². The van der Waals surface area contributed by atoms with Gasteiger partial charge in [-0.2, -0.15) is 0 Å². The van der Waals surface area contributed by atoms with Gasteiger partial charge in [-0.25, -0.2) is 0 Å². The van der Waals surface area contributed by atoms with E-state index in [0.717, 1.165) is 48.5 Å². The number of methoxy groups -OCH3 is 1. The molecule has 3 unspecified atom stereocenters. The van der Waals surface area contributed by atoms with E-state index in [4.69, 9.17) is 9.47 Å². The fourth-order valence-electron chi connectivity index (χ4n) is 8.90. The molecule has 0 aromatic rings. The molecule has 5 fully saturated rings. The maximum atomic E-state index is 11.0. The lowest BCUT2D eigenvalue weighted by Crippen LogP contribution is -2.54. The molecular weight excluding hydrogens is 336 g/mol. The lowest BCUT2D eigenvalue weighted by Gasteiger charge is -2.58. The zero-order valence-corrected chi connectivity index (χ0v) is 17.9. The van der Waals surface area contributed by atoms with E-state index in [2.05, 4.69) is 20.8 Å². The highest BCUT2D eigenvalue weighted by Crippen LogP contribution is 2.67. The molecule has 10 atom stereocenters. The molecule has 5 aliphatic rings. The number of aliphatic hydroxyl groups is 1. The third kappa shape index (κ3) is 2.78. The van der Waals surface area contributed by atoms with Gasteiger partial charge in [0.2, 0.25) is 0 Å². The smallest absolute Gasteiger partial charge is 0.0921 e. The summed E-state index contributed by atoms with van der Waals surface area (Å²) in [7, 11) is 1.79. The first kappa shape index (κ1) is 18.9. The molecule has 1 N–H and O–H groups in total. The van der Waals surface area contributed by atoms with E-state index in [9.17, 15) is 5.11 Å². The van der Waals surface area contributed by atoms with Gasteiger partial charge in [0.1, 0.15) is 0 Å². The van der Waals surface area contributed by atoms with Crippen LogP contribution in [0.5, 0.6) is 0 Å². The van der Waals surface area contributed by atoms with Crippen molar-refractivity contribution < 1.29 is 14.6 Å². The van der Waals surface area contributed by atoms with Crippen LogP contribution < -0.4 is 0 Å². The van der Waals surface area contributed by atoms with Crippen molar-refractivity contribution in [2.45, 2.75) is 83.3 Å². The summed E-state index contributed by atoms with van der Waals surface area (Å²) in [6.07, 6.45) is 10.5. The van der Waals surface area contributed by atoms with Crippen molar-refractivity contribution in [2.24, 2.45) is 46.8 Å². The Bertz CT molecular complexity index is 582. The van der Waals surface area contributed by atoms with Gasteiger partial charge in [-0.1, -0.05) is 6.92 Å². The first-order valence-corrected chi connectivity index (χ1v) is 11.6. The average molecular weight is 377 g/mol. The molecule has 27 heavy (non-hydrogen) atoms. The van der Waals surface area contributed by atoms with Gasteiger partial charge in [0.15, 0.2) is 0 Å². The summed E-state index contributed by atoms with van der Waals surface area (Å²) < 4.78 is 11.4. The van der Waals surface area contributed by atoms with Crippen LogP contribution in [0.15, 0.2) is 0 Å². The van der Waals surface area contributed by atoms with Crippen LogP contribution in [-0.2, 0) is 9.47 Å². The summed E-state index contributed by atoms with van der Waals surface area (Å²) in [5.41, 5.74) is 0.162. The Morgan fingerprint density at radius 1 is 1.00 bits per heavy atom. The molecule has 0 aromatic carbocycles. The Hall–Kier alpha value is -0.120. The van der Waals surface area contributed by atoms with Gasteiger partial charge < -0.3 is 14.6 Å². The Balaban J connectivity index is 1.37. The number of ether oxygens (including phenoxy) is 2. The van der Waals surface area contributed by atoms with Gasteiger partial charge in [0, 0.05) is 13.0 Å². The van der Waals surface area contributed by atoms with Gasteiger partial charge in [0.25, 0.3) is 0 Å². The second-order valence-corrected chi connectivity index (χ2v) is 11.7. The third-order valence-electron chi connectivity index (χ3n) is 10.3. The van der Waals surface area contributed by atoms with Crippen molar-refractivity contribution in [3.63, 3.8) is 0 Å². The summed E-state index contributed by atoms with van der Waals surface area (Å²) in [5.74, 6) is 5.37. The number of hydrogen-bond donors (Lipinski definition) is 1. The Morgan fingerprint density at radius 3 is 2.48 bits per heavy atom. The van der Waals surface area contributed by atoms with Crippen LogP contribution >= 0.6 is 0 Å². The molecule has 3 nitrogen and oxygen atoms in total. The molecule has 4 aliphatic carbocycles. The Morgan fingerprint density at radius 2 is 1.78 bits per heavy atom. The summed E-state index contributed by atoms with van der Waals surface area (Å²) in [6, 6.07) is 0. The number of fused-ring (bicyclic) bond motifs is 5. The maximum Gasteiger partial charge on any atom is 0.0921 e. The van der Waals surface area contributed by atoms with Crippen molar-refractivity contribution in [1.29, 1.82) is 0 Å². The molecule has 154 valence electrons. The van der Waals surface area contributed by atoms with Crippen molar-refractivity contribution in [2.75, 3.05) is 20.3 Å². The van der Waals surface area contributed by atoms with E-state index >= 15 is 0 Å². The molecule has 1 aliphatic heterocycles. The minimum absolute atomic E-state index is 0.195. The molecular formula is C24H40O3. The second-order valence-electron chi connectivity index (χ2n) is 11.7. The Labute approximate surface area is 165 Å². The number of epoxide rings is 1. The van der Waals surface area contributed by atoms with E-state index in [1.807, 2.05) is 0 Å². The minimum atomic E-state index is -0.538. The molecule has 3 heteroatoms. The van der Waals surface area contributed by atoms with E-state index < -0.39 is 5.60 Å². The monoisotopic (exact) mass is 376 g/mol. The van der Waals surface area contributed by atoms with Crippen LogP contribution in [0.2, 0.25) is 0 Å². The highest BCUT2D eigenvalue weighted by Gasteiger charge is 2.64. The van der Waals surface area contributed by atoms with Crippen LogP contribution in [0.1, 0.15) is 72.1 Å². The SMILES string of the molecule is COCC1C[C@H]2[C@H](CC[C@@H]3[C@@H]2CC[C@]2(C)[C@@H](C4(C)CO4)CC[C@@H]32)CC1(C)O. The molecule has 4 saturated carbocycles. The zero-order valence-electron chi connectivity index (χ0n) is 17.9. The summed E-state index contributed by atoms with van der Waals surface area (Å²) >= 11 is 0. The lowest BCUT2D eigenvalue weighted by atomic mass is 9.47. The average Bonchev–Trinajstić information content (AvgIpc) is 3.24. The van der Waals surface area contributed by atoms with Crippen LogP contribution in [0, 0.1) is 46.8 Å². The van der Waals surface area contributed by atoms with Crippen LogP contribution in [0.25, 0.3) is 0 Å². The third-order valence-corrected chi connectivity index (χ3v) is 10.3. The quantitative estimate of drug-likeness (QED) is 0.728. The van der Waals surface area contributed by atoms with E-state index in [-0.39, 0.29) is 5.60 Å². The summed E-state index contributed by atoms with van der Waals surface area (Å²) in [5, 5.41) is 11.0. The van der Waals surface area contributed by atoms with Crippen molar-refractivity contribution in [3.8, 4) is 0 Å². The first-order valence-electron chi connectivity index (χ1n) is 11.6. The molecule has 0 radical (unpaired) electrons. The van der Waals surface area contributed by atoms with Crippen molar-refractivity contribution >= 4 is 0 Å². The largest absolute Gasteiger partial charge is 0.390 e. The van der Waals surface area contributed by atoms with Crippen LogP contribution in [0.4, 0.5) is 0 Å². The van der Waals surface area contributed by atoms with Crippen molar-refractivity contribution in [3.05, 3.63) is 0 Å². The zero-order chi connectivity index (χ0) is 19.0. The topological polar surface area (TPSA) is 42.0 Å². The summed E-state index contributed by atoms with van der Waals surface area (Å²) in [4.78, 5) is 0. The molecule has 0 spiro atoms. The molecule has 0 bridgehead atoms. The number of rotatable bonds is 3.